The lowest BCUT2D eigenvalue weighted by atomic mass is 9.94. The highest BCUT2D eigenvalue weighted by molar-refractivity contribution is 5.88. The van der Waals surface area contributed by atoms with E-state index in [1.807, 2.05) is 55.6 Å². The highest BCUT2D eigenvalue weighted by Crippen LogP contribution is 2.39. The number of nitrogens with zero attached hydrogens (tertiary/aromatic N) is 2. The van der Waals surface area contributed by atoms with Crippen molar-refractivity contribution in [2.75, 3.05) is 62.8 Å². The molecule has 0 aliphatic heterocycles. The van der Waals surface area contributed by atoms with Crippen LogP contribution in [-0.2, 0) is 9.59 Å². The lowest BCUT2D eigenvalue weighted by Crippen LogP contribution is -2.41. The number of allylic oxidation sites excluding steroid dienone is 4. The van der Waals surface area contributed by atoms with Gasteiger partial charge < -0.3 is 38.2 Å². The molecule has 0 heterocycles. The van der Waals surface area contributed by atoms with E-state index in [0.29, 0.717) is 41.0 Å². The molecule has 0 atom stereocenters. The summed E-state index contributed by atoms with van der Waals surface area (Å²) in [5.41, 5.74) is 1.73. The molecule has 3 rings (SSSR count). The Morgan fingerprint density at radius 3 is 1.45 bits per heavy atom. The zero-order chi connectivity index (χ0) is 37.0. The molecule has 278 valence electrons. The summed E-state index contributed by atoms with van der Waals surface area (Å²) in [6.45, 7) is 1.41. The number of methoxy groups -OCH3 is 6. The first-order chi connectivity index (χ1) is 24.8. The summed E-state index contributed by atoms with van der Waals surface area (Å²) in [6, 6.07) is 7.71. The van der Waals surface area contributed by atoms with Crippen molar-refractivity contribution >= 4 is 24.0 Å². The maximum atomic E-state index is 13.4. The van der Waals surface area contributed by atoms with Gasteiger partial charge in [0.25, 0.3) is 0 Å². The summed E-state index contributed by atoms with van der Waals surface area (Å²) in [5.74, 6) is 3.36. The first kappa shape index (κ1) is 40.6. The third-order valence-corrected chi connectivity index (χ3v) is 8.97. The zero-order valence-corrected chi connectivity index (χ0v) is 31.4. The number of carbonyl (C=O) groups is 2. The summed E-state index contributed by atoms with van der Waals surface area (Å²) >= 11 is 0. The van der Waals surface area contributed by atoms with Crippen molar-refractivity contribution < 1.29 is 38.0 Å². The van der Waals surface area contributed by atoms with E-state index >= 15 is 0 Å². The average molecular weight is 705 g/mol. The minimum Gasteiger partial charge on any atom is -0.493 e. The van der Waals surface area contributed by atoms with E-state index in [1.165, 1.54) is 6.42 Å². The Hall–Kier alpha value is -4.86. The molecule has 0 spiro atoms. The Morgan fingerprint density at radius 2 is 1.02 bits per heavy atom. The second-order valence-corrected chi connectivity index (χ2v) is 12.4. The van der Waals surface area contributed by atoms with Gasteiger partial charge in [-0.2, -0.15) is 0 Å². The van der Waals surface area contributed by atoms with Crippen LogP contribution in [0.15, 0.2) is 60.7 Å². The maximum Gasteiger partial charge on any atom is 0.246 e. The molecule has 2 aromatic carbocycles. The molecule has 0 bridgehead atoms. The van der Waals surface area contributed by atoms with Crippen LogP contribution in [0.3, 0.4) is 0 Å². The average Bonchev–Trinajstić information content (AvgIpc) is 3.16. The van der Waals surface area contributed by atoms with Gasteiger partial charge >= 0.3 is 0 Å². The molecule has 1 aliphatic rings. The lowest BCUT2D eigenvalue weighted by Gasteiger charge is -2.34. The quantitative estimate of drug-likeness (QED) is 0.0785. The monoisotopic (exact) mass is 704 g/mol. The van der Waals surface area contributed by atoms with Gasteiger partial charge in [-0.15, -0.1) is 0 Å². The van der Waals surface area contributed by atoms with Crippen molar-refractivity contribution in [3.8, 4) is 34.5 Å². The largest absolute Gasteiger partial charge is 0.493 e. The van der Waals surface area contributed by atoms with Gasteiger partial charge in [-0.25, -0.2) is 0 Å². The van der Waals surface area contributed by atoms with Crippen LogP contribution in [0.2, 0.25) is 0 Å². The van der Waals surface area contributed by atoms with Gasteiger partial charge in [0.15, 0.2) is 23.0 Å². The number of ether oxygens (including phenoxy) is 6. The van der Waals surface area contributed by atoms with Crippen molar-refractivity contribution in [2.24, 2.45) is 0 Å². The number of benzene rings is 2. The van der Waals surface area contributed by atoms with Gasteiger partial charge in [-0.3, -0.25) is 9.59 Å². The number of amides is 2. The van der Waals surface area contributed by atoms with E-state index in [0.717, 1.165) is 69.0 Å². The van der Waals surface area contributed by atoms with Crippen LogP contribution in [0.4, 0.5) is 0 Å². The Balaban J connectivity index is 1.46. The Kier molecular flexibility index (Phi) is 17.5. The van der Waals surface area contributed by atoms with Crippen LogP contribution >= 0.6 is 0 Å². The van der Waals surface area contributed by atoms with E-state index in [2.05, 4.69) is 4.90 Å². The van der Waals surface area contributed by atoms with Gasteiger partial charge in [0.05, 0.1) is 42.7 Å². The smallest absolute Gasteiger partial charge is 0.246 e. The normalized spacial score (nSPS) is 13.6. The molecular formula is C41H56N2O8. The minimum absolute atomic E-state index is 0.0490. The van der Waals surface area contributed by atoms with Crippen molar-refractivity contribution in [1.82, 2.24) is 9.80 Å². The molecule has 10 heteroatoms. The molecule has 2 aromatic rings. The first-order valence-electron chi connectivity index (χ1n) is 17.6. The van der Waals surface area contributed by atoms with Gasteiger partial charge in [0.2, 0.25) is 23.3 Å². The molecule has 0 radical (unpaired) electrons. The Morgan fingerprint density at radius 1 is 0.588 bits per heavy atom. The third kappa shape index (κ3) is 12.5. The van der Waals surface area contributed by atoms with E-state index in [9.17, 15) is 9.59 Å². The van der Waals surface area contributed by atoms with Crippen molar-refractivity contribution in [2.45, 2.75) is 63.8 Å². The molecular weight excluding hydrogens is 648 g/mol. The number of likely N-dealkylation sites (N-methyl/N-ethyl adjacent to an activating group) is 1. The van der Waals surface area contributed by atoms with Gasteiger partial charge in [0, 0.05) is 38.3 Å². The number of carbonyl (C=O) groups excluding carboxylic acids is 2. The predicted octanol–water partition coefficient (Wildman–Crippen LogP) is 7.76. The van der Waals surface area contributed by atoms with E-state index in [4.69, 9.17) is 28.4 Å². The van der Waals surface area contributed by atoms with Crippen LogP contribution in [0.25, 0.3) is 12.2 Å². The molecule has 1 saturated carbocycles. The lowest BCUT2D eigenvalue weighted by molar-refractivity contribution is -0.129. The summed E-state index contributed by atoms with van der Waals surface area (Å²) in [5, 5.41) is 0. The van der Waals surface area contributed by atoms with Crippen molar-refractivity contribution in [3.63, 3.8) is 0 Å². The second-order valence-electron chi connectivity index (χ2n) is 12.4. The first-order valence-corrected chi connectivity index (χ1v) is 17.6. The fourth-order valence-corrected chi connectivity index (χ4v) is 6.19. The molecule has 0 N–H and O–H groups in total. The number of hydrogen-bond acceptors (Lipinski definition) is 8. The van der Waals surface area contributed by atoms with Crippen LogP contribution in [-0.4, -0.2) is 90.5 Å². The van der Waals surface area contributed by atoms with Crippen LogP contribution in [0.1, 0.15) is 68.9 Å². The van der Waals surface area contributed by atoms with Crippen LogP contribution in [0.5, 0.6) is 34.5 Å². The minimum atomic E-state index is -0.0512. The highest BCUT2D eigenvalue weighted by Gasteiger charge is 2.23. The van der Waals surface area contributed by atoms with Gasteiger partial charge in [-0.1, -0.05) is 68.6 Å². The fourth-order valence-electron chi connectivity index (χ4n) is 6.19. The molecule has 0 aromatic heterocycles. The molecule has 1 fully saturated rings. The SMILES string of the molecule is COc1cc(/C=C/C=C/C(=O)N(C)CCCCCCN(C(=O)/C=C/C=C/c2cc(OC)c(OC)c(OC)c2)C2CCCCC2)cc(OC)c1OC. The van der Waals surface area contributed by atoms with Crippen molar-refractivity contribution in [3.05, 3.63) is 71.8 Å². The second kappa shape index (κ2) is 22.1. The van der Waals surface area contributed by atoms with Gasteiger partial charge in [-0.05, 0) is 61.1 Å². The summed E-state index contributed by atoms with van der Waals surface area (Å²) in [4.78, 5) is 29.8. The third-order valence-electron chi connectivity index (χ3n) is 8.97. The number of unbranched alkanes of at least 4 members (excludes halogenated alkanes) is 3. The fraction of sp³-hybridized carbons (Fsp3) is 0.463. The van der Waals surface area contributed by atoms with E-state index < -0.39 is 0 Å². The Labute approximate surface area is 304 Å². The predicted molar refractivity (Wildman–Crippen MR) is 203 cm³/mol. The summed E-state index contributed by atoms with van der Waals surface area (Å²) < 4.78 is 32.5. The Bertz CT molecular complexity index is 1470. The molecule has 1 aliphatic carbocycles. The molecule has 2 amide bonds. The molecule has 0 unspecified atom stereocenters. The van der Waals surface area contributed by atoms with Crippen LogP contribution < -0.4 is 28.4 Å². The van der Waals surface area contributed by atoms with E-state index in [1.54, 1.807) is 71.9 Å². The van der Waals surface area contributed by atoms with E-state index in [-0.39, 0.29) is 17.9 Å². The molecule has 51 heavy (non-hydrogen) atoms. The topological polar surface area (TPSA) is 96.0 Å². The zero-order valence-electron chi connectivity index (χ0n) is 31.4. The molecule has 10 nitrogen and oxygen atoms in total. The number of hydrogen-bond donors (Lipinski definition) is 0. The maximum absolute atomic E-state index is 13.4. The number of rotatable bonds is 20. The summed E-state index contributed by atoms with van der Waals surface area (Å²) in [6.07, 6.45) is 23.7. The van der Waals surface area contributed by atoms with Crippen LogP contribution in [0, 0.1) is 0 Å². The molecule has 0 saturated heterocycles. The van der Waals surface area contributed by atoms with Crippen molar-refractivity contribution in [1.29, 1.82) is 0 Å². The summed E-state index contributed by atoms with van der Waals surface area (Å²) in [7, 11) is 11.3. The van der Waals surface area contributed by atoms with Gasteiger partial charge in [0.1, 0.15) is 0 Å². The standard InChI is InChI=1S/C41H56N2O8/c1-42(38(44)23-15-13-19-31-27-34(46-2)40(50-6)35(28-31)47-3)25-17-8-9-18-26-43(33-21-11-10-12-22-33)39(45)24-16-14-20-32-29-36(48-4)41(51-7)37(30-32)49-5/h13-16,19-20,23-24,27-30,33H,8-12,17-18,21-22,25-26H2,1-7H3/b19-13+,20-14+,23-15+,24-16+. The highest BCUT2D eigenvalue weighted by atomic mass is 16.5.